The van der Waals surface area contributed by atoms with Crippen molar-refractivity contribution in [1.29, 1.82) is 0 Å². The average molecular weight is 504 g/mol. The molecule has 1 saturated carbocycles. The maximum atomic E-state index is 9.40. The molecule has 0 aromatic carbocycles. The Morgan fingerprint density at radius 3 is 2.64 bits per heavy atom. The second kappa shape index (κ2) is 13.2. The molecule has 0 saturated heterocycles. The molecule has 1 aromatic rings. The molecule has 7 heteroatoms. The van der Waals surface area contributed by atoms with E-state index in [1.54, 1.807) is 6.20 Å². The van der Waals surface area contributed by atoms with Crippen LogP contribution in [0.3, 0.4) is 0 Å². The number of nitrogens with one attached hydrogen (secondary N) is 2. The summed E-state index contributed by atoms with van der Waals surface area (Å²) in [5, 5.41) is 16.2. The molecule has 1 aromatic heterocycles. The quantitative estimate of drug-likeness (QED) is 0.230. The van der Waals surface area contributed by atoms with E-state index < -0.39 is 0 Å². The lowest BCUT2D eigenvalue weighted by Gasteiger charge is -2.32. The summed E-state index contributed by atoms with van der Waals surface area (Å²) in [4.78, 5) is 9.00. The molecule has 1 aliphatic carbocycles. The number of halogens is 1. The first-order chi connectivity index (χ1) is 13.1. The van der Waals surface area contributed by atoms with Crippen LogP contribution in [0, 0.1) is 11.3 Å². The number of aromatic nitrogens is 1. The standard InChI is InChI=1S/C21H36N4O2.HI/c1-4-21(5-2,10-12-26)16-25-20(22-6-3)24-14-18-9-11-23-19(13-18)27-15-17-7-8-17;/h9,11,13,17,26H,4-8,10,12,14-16H2,1-3H3,(H2,22,24,25);1H. The van der Waals surface area contributed by atoms with E-state index in [-0.39, 0.29) is 36.0 Å². The van der Waals surface area contributed by atoms with Gasteiger partial charge in [-0.2, -0.15) is 0 Å². The average Bonchev–Trinajstić information content (AvgIpc) is 3.52. The largest absolute Gasteiger partial charge is 0.477 e. The van der Waals surface area contributed by atoms with Crippen LogP contribution in [0.25, 0.3) is 0 Å². The Morgan fingerprint density at radius 1 is 1.29 bits per heavy atom. The molecular formula is C21H37IN4O2. The minimum Gasteiger partial charge on any atom is -0.477 e. The van der Waals surface area contributed by atoms with Crippen molar-refractivity contribution in [1.82, 2.24) is 15.6 Å². The fraction of sp³-hybridized carbons (Fsp3) is 0.714. The van der Waals surface area contributed by atoms with Crippen molar-refractivity contribution in [2.45, 2.75) is 59.4 Å². The molecule has 0 atom stereocenters. The third-order valence-electron chi connectivity index (χ3n) is 5.50. The molecule has 6 nitrogen and oxygen atoms in total. The van der Waals surface area contributed by atoms with Crippen LogP contribution in [-0.4, -0.2) is 42.4 Å². The molecule has 2 rings (SSSR count). The third kappa shape index (κ3) is 8.51. The lowest BCUT2D eigenvalue weighted by Crippen LogP contribution is -2.43. The van der Waals surface area contributed by atoms with Gasteiger partial charge in [0.05, 0.1) is 13.2 Å². The van der Waals surface area contributed by atoms with Crippen molar-refractivity contribution < 1.29 is 9.84 Å². The summed E-state index contributed by atoms with van der Waals surface area (Å²) in [5.74, 6) is 2.21. The topological polar surface area (TPSA) is 78.8 Å². The third-order valence-corrected chi connectivity index (χ3v) is 5.50. The number of ether oxygens (including phenoxy) is 1. The minimum absolute atomic E-state index is 0. The Morgan fingerprint density at radius 2 is 2.04 bits per heavy atom. The molecule has 3 N–H and O–H groups in total. The Bertz CT molecular complexity index is 590. The molecule has 28 heavy (non-hydrogen) atoms. The number of guanidine groups is 1. The van der Waals surface area contributed by atoms with Gasteiger partial charge in [0, 0.05) is 32.0 Å². The number of pyridine rings is 1. The number of nitrogens with zero attached hydrogens (tertiary/aromatic N) is 2. The molecule has 1 heterocycles. The Balaban J connectivity index is 0.00000392. The highest BCUT2D eigenvalue weighted by molar-refractivity contribution is 14.0. The van der Waals surface area contributed by atoms with Gasteiger partial charge in [0.2, 0.25) is 5.88 Å². The monoisotopic (exact) mass is 504 g/mol. The predicted molar refractivity (Wildman–Crippen MR) is 125 cm³/mol. The molecule has 1 fully saturated rings. The van der Waals surface area contributed by atoms with E-state index in [0.717, 1.165) is 50.5 Å². The molecule has 1 aliphatic rings. The lowest BCUT2D eigenvalue weighted by atomic mass is 9.79. The highest BCUT2D eigenvalue weighted by atomic mass is 127. The molecule has 0 bridgehead atoms. The first-order valence-electron chi connectivity index (χ1n) is 10.4. The van der Waals surface area contributed by atoms with Gasteiger partial charge in [-0.25, -0.2) is 9.98 Å². The Labute approximate surface area is 187 Å². The predicted octanol–water partition coefficient (Wildman–Crippen LogP) is 3.73. The van der Waals surface area contributed by atoms with E-state index in [4.69, 9.17) is 9.73 Å². The van der Waals surface area contributed by atoms with Crippen LogP contribution in [0.4, 0.5) is 0 Å². The molecular weight excluding hydrogens is 467 g/mol. The van der Waals surface area contributed by atoms with Crippen molar-refractivity contribution >= 4 is 29.9 Å². The van der Waals surface area contributed by atoms with Gasteiger partial charge in [-0.15, -0.1) is 24.0 Å². The van der Waals surface area contributed by atoms with Crippen molar-refractivity contribution in [2.24, 2.45) is 16.3 Å². The smallest absolute Gasteiger partial charge is 0.213 e. The van der Waals surface area contributed by atoms with E-state index in [2.05, 4.69) is 36.4 Å². The number of aliphatic imine (C=N–C) groups is 1. The molecule has 0 radical (unpaired) electrons. The SMILES string of the molecule is CCNC(=NCc1ccnc(OCC2CC2)c1)NCC(CC)(CC)CCO.I. The second-order valence-electron chi connectivity index (χ2n) is 7.49. The first-order valence-corrected chi connectivity index (χ1v) is 10.4. The number of aliphatic hydroxyl groups excluding tert-OH is 1. The van der Waals surface area contributed by atoms with Gasteiger partial charge in [0.15, 0.2) is 5.96 Å². The Kier molecular flexibility index (Phi) is 11.8. The second-order valence-corrected chi connectivity index (χ2v) is 7.49. The van der Waals surface area contributed by atoms with E-state index in [1.807, 2.05) is 12.1 Å². The summed E-state index contributed by atoms with van der Waals surface area (Å²) in [5.41, 5.74) is 1.19. The summed E-state index contributed by atoms with van der Waals surface area (Å²) in [6.45, 7) is 9.61. The van der Waals surface area contributed by atoms with E-state index in [1.165, 1.54) is 12.8 Å². The molecule has 0 spiro atoms. The normalized spacial score (nSPS) is 14.4. The van der Waals surface area contributed by atoms with E-state index in [9.17, 15) is 5.11 Å². The first kappa shape index (κ1) is 24.9. The summed E-state index contributed by atoms with van der Waals surface area (Å²) >= 11 is 0. The van der Waals surface area contributed by atoms with Crippen molar-refractivity contribution in [3.63, 3.8) is 0 Å². The van der Waals surface area contributed by atoms with Crippen LogP contribution in [0.2, 0.25) is 0 Å². The maximum Gasteiger partial charge on any atom is 0.213 e. The van der Waals surface area contributed by atoms with E-state index >= 15 is 0 Å². The van der Waals surface area contributed by atoms with Crippen molar-refractivity contribution in [3.05, 3.63) is 23.9 Å². The van der Waals surface area contributed by atoms with Crippen LogP contribution in [-0.2, 0) is 6.54 Å². The van der Waals surface area contributed by atoms with Crippen LogP contribution in [0.1, 0.15) is 58.4 Å². The van der Waals surface area contributed by atoms with Gasteiger partial charge >= 0.3 is 0 Å². The van der Waals surface area contributed by atoms with E-state index in [0.29, 0.717) is 18.3 Å². The van der Waals surface area contributed by atoms with Gasteiger partial charge in [0.1, 0.15) is 0 Å². The Hall–Kier alpha value is -1.09. The highest BCUT2D eigenvalue weighted by Crippen LogP contribution is 2.30. The fourth-order valence-electron chi connectivity index (χ4n) is 3.08. The number of hydrogen-bond acceptors (Lipinski definition) is 4. The number of aliphatic hydroxyl groups is 1. The van der Waals surface area contributed by atoms with Crippen LogP contribution in [0.15, 0.2) is 23.3 Å². The summed E-state index contributed by atoms with van der Waals surface area (Å²) in [6, 6.07) is 3.95. The lowest BCUT2D eigenvalue weighted by molar-refractivity contribution is 0.169. The fourth-order valence-corrected chi connectivity index (χ4v) is 3.08. The van der Waals surface area contributed by atoms with Gasteiger partial charge in [0.25, 0.3) is 0 Å². The maximum absolute atomic E-state index is 9.40. The van der Waals surface area contributed by atoms with Crippen LogP contribution in [0.5, 0.6) is 5.88 Å². The van der Waals surface area contributed by atoms with Crippen LogP contribution < -0.4 is 15.4 Å². The summed E-state index contributed by atoms with van der Waals surface area (Å²) < 4.78 is 5.76. The molecule has 160 valence electrons. The molecule has 0 aliphatic heterocycles. The molecule has 0 unspecified atom stereocenters. The summed E-state index contributed by atoms with van der Waals surface area (Å²) in [7, 11) is 0. The zero-order valence-electron chi connectivity index (χ0n) is 17.5. The van der Waals surface area contributed by atoms with Crippen molar-refractivity contribution in [2.75, 3.05) is 26.3 Å². The van der Waals surface area contributed by atoms with Crippen LogP contribution >= 0.6 is 24.0 Å². The van der Waals surface area contributed by atoms with Crippen molar-refractivity contribution in [3.8, 4) is 5.88 Å². The summed E-state index contributed by atoms with van der Waals surface area (Å²) in [6.07, 6.45) is 7.20. The zero-order chi connectivity index (χ0) is 19.5. The van der Waals surface area contributed by atoms with Gasteiger partial charge < -0.3 is 20.5 Å². The minimum atomic E-state index is 0. The van der Waals surface area contributed by atoms with Gasteiger partial charge in [-0.05, 0) is 62.0 Å². The number of hydrogen-bond donors (Lipinski definition) is 3. The van der Waals surface area contributed by atoms with Gasteiger partial charge in [-0.1, -0.05) is 13.8 Å². The van der Waals surface area contributed by atoms with Gasteiger partial charge in [-0.3, -0.25) is 0 Å². The molecule has 0 amide bonds. The number of rotatable bonds is 12. The highest BCUT2D eigenvalue weighted by Gasteiger charge is 2.25. The zero-order valence-corrected chi connectivity index (χ0v) is 19.9.